The van der Waals surface area contributed by atoms with Gasteiger partial charge in [-0.05, 0) is 25.3 Å². The Morgan fingerprint density at radius 2 is 0.919 bits per heavy atom. The van der Waals surface area contributed by atoms with Crippen molar-refractivity contribution in [3.05, 3.63) is 29.6 Å². The van der Waals surface area contributed by atoms with E-state index < -0.39 is 10.3 Å². The standard InChI is InChI=1S/C32H59NO3S/c1-3-5-7-9-11-13-14-15-16-17-19-20-22-24-27-31-28-26-30-33(37(34,35)36)32(31)29-25-23-21-18-12-10-8-6-4-2/h26,28,30H,3-25,27,29H2,1-2H3. The molecule has 0 atom stereocenters. The maximum Gasteiger partial charge on any atom is 0.330 e. The van der Waals surface area contributed by atoms with Crippen LogP contribution in [-0.2, 0) is 23.1 Å². The quantitative estimate of drug-likeness (QED) is 0.0671. The highest BCUT2D eigenvalue weighted by Gasteiger charge is 2.20. The Labute approximate surface area is 230 Å². The molecule has 1 aromatic rings. The average molecular weight is 538 g/mol. The first-order chi connectivity index (χ1) is 18.0. The van der Waals surface area contributed by atoms with Crippen LogP contribution in [0.25, 0.3) is 0 Å². The van der Waals surface area contributed by atoms with Crippen molar-refractivity contribution in [3.8, 4) is 0 Å². The van der Waals surface area contributed by atoms with Gasteiger partial charge in [-0.25, -0.2) is 0 Å². The zero-order valence-electron chi connectivity index (χ0n) is 24.5. The Morgan fingerprint density at radius 3 is 1.30 bits per heavy atom. The van der Waals surface area contributed by atoms with Gasteiger partial charge in [0.15, 0.2) is 6.20 Å². The van der Waals surface area contributed by atoms with Crippen molar-refractivity contribution in [2.24, 2.45) is 0 Å². The Morgan fingerprint density at radius 1 is 0.568 bits per heavy atom. The van der Waals surface area contributed by atoms with E-state index in [1.807, 2.05) is 6.07 Å². The highest BCUT2D eigenvalue weighted by molar-refractivity contribution is 7.78. The minimum Gasteiger partial charge on any atom is -0.693 e. The molecule has 0 fully saturated rings. The molecule has 5 heteroatoms. The van der Waals surface area contributed by atoms with Crippen LogP contribution in [0, 0.1) is 0 Å². The van der Waals surface area contributed by atoms with Gasteiger partial charge in [0.2, 0.25) is 5.69 Å². The van der Waals surface area contributed by atoms with E-state index in [0.717, 1.165) is 40.9 Å². The van der Waals surface area contributed by atoms with Crippen LogP contribution in [0.2, 0.25) is 0 Å². The van der Waals surface area contributed by atoms with E-state index in [1.165, 1.54) is 135 Å². The maximum atomic E-state index is 11.9. The van der Waals surface area contributed by atoms with Gasteiger partial charge in [-0.15, -0.1) is 0 Å². The minimum absolute atomic E-state index is 0.673. The Kier molecular flexibility index (Phi) is 21.2. The zero-order chi connectivity index (χ0) is 27.0. The molecule has 0 saturated carbocycles. The second-order valence-electron chi connectivity index (χ2n) is 11.2. The average Bonchev–Trinajstić information content (AvgIpc) is 2.87. The molecule has 0 N–H and O–H groups in total. The first-order valence-electron chi connectivity index (χ1n) is 16.0. The molecule has 0 radical (unpaired) electrons. The van der Waals surface area contributed by atoms with Crippen molar-refractivity contribution in [2.75, 3.05) is 0 Å². The Hall–Kier alpha value is -0.940. The third-order valence-electron chi connectivity index (χ3n) is 7.71. The predicted molar refractivity (Wildman–Crippen MR) is 157 cm³/mol. The van der Waals surface area contributed by atoms with Gasteiger partial charge >= 0.3 is 10.3 Å². The van der Waals surface area contributed by atoms with Gasteiger partial charge < -0.3 is 4.55 Å². The van der Waals surface area contributed by atoms with Crippen LogP contribution in [0.3, 0.4) is 0 Å². The van der Waals surface area contributed by atoms with E-state index in [0.29, 0.717) is 6.42 Å². The number of aromatic nitrogens is 1. The smallest absolute Gasteiger partial charge is 0.330 e. The van der Waals surface area contributed by atoms with Crippen LogP contribution in [-0.4, -0.2) is 13.0 Å². The van der Waals surface area contributed by atoms with Crippen LogP contribution in [0.5, 0.6) is 0 Å². The van der Waals surface area contributed by atoms with Crippen LogP contribution < -0.4 is 3.97 Å². The van der Waals surface area contributed by atoms with Gasteiger partial charge in [0.1, 0.15) is 0 Å². The summed E-state index contributed by atoms with van der Waals surface area (Å²) in [5.41, 5.74) is 1.76. The lowest BCUT2D eigenvalue weighted by molar-refractivity contribution is -0.530. The third-order valence-corrected chi connectivity index (χ3v) is 8.54. The summed E-state index contributed by atoms with van der Waals surface area (Å²) >= 11 is 0. The Balaban J connectivity index is 2.27. The fourth-order valence-electron chi connectivity index (χ4n) is 5.39. The summed E-state index contributed by atoms with van der Waals surface area (Å²) in [5, 5.41) is 0. The van der Waals surface area contributed by atoms with Crippen molar-refractivity contribution in [3.63, 3.8) is 0 Å². The van der Waals surface area contributed by atoms with Gasteiger partial charge in [-0.2, -0.15) is 8.42 Å². The summed E-state index contributed by atoms with van der Waals surface area (Å²) in [6.07, 6.45) is 32.6. The lowest BCUT2D eigenvalue weighted by atomic mass is 10.00. The van der Waals surface area contributed by atoms with Crippen LogP contribution >= 0.6 is 0 Å². The molecule has 216 valence electrons. The second kappa shape index (κ2) is 23.0. The fourth-order valence-corrected chi connectivity index (χ4v) is 6.08. The third kappa shape index (κ3) is 18.1. The van der Waals surface area contributed by atoms with Crippen molar-refractivity contribution in [1.29, 1.82) is 0 Å². The summed E-state index contributed by atoms with van der Waals surface area (Å²) < 4.78 is 36.6. The van der Waals surface area contributed by atoms with E-state index in [2.05, 4.69) is 13.8 Å². The summed E-state index contributed by atoms with van der Waals surface area (Å²) in [7, 11) is -4.51. The van der Waals surface area contributed by atoms with E-state index >= 15 is 0 Å². The number of nitrogens with zero attached hydrogens (tertiary/aromatic N) is 1. The van der Waals surface area contributed by atoms with Gasteiger partial charge in [0.25, 0.3) is 0 Å². The minimum atomic E-state index is -4.51. The highest BCUT2D eigenvalue weighted by atomic mass is 32.2. The Bertz CT molecular complexity index is 763. The molecule has 0 aliphatic carbocycles. The first kappa shape index (κ1) is 34.1. The summed E-state index contributed by atoms with van der Waals surface area (Å²) in [5.74, 6) is 0. The number of rotatable bonds is 26. The highest BCUT2D eigenvalue weighted by Crippen LogP contribution is 2.17. The van der Waals surface area contributed by atoms with Gasteiger partial charge in [0, 0.05) is 18.1 Å². The van der Waals surface area contributed by atoms with E-state index in [1.54, 1.807) is 6.07 Å². The molecule has 0 amide bonds. The normalized spacial score (nSPS) is 11.9. The van der Waals surface area contributed by atoms with Crippen molar-refractivity contribution in [1.82, 2.24) is 0 Å². The summed E-state index contributed by atoms with van der Waals surface area (Å²) in [4.78, 5) is 0. The predicted octanol–water partition coefficient (Wildman–Crippen LogP) is 9.38. The maximum absolute atomic E-state index is 11.9. The molecule has 0 bridgehead atoms. The van der Waals surface area contributed by atoms with Crippen LogP contribution in [0.4, 0.5) is 0 Å². The van der Waals surface area contributed by atoms with Gasteiger partial charge in [0.05, 0.1) is 0 Å². The van der Waals surface area contributed by atoms with E-state index in [-0.39, 0.29) is 0 Å². The summed E-state index contributed by atoms with van der Waals surface area (Å²) in [6.45, 7) is 4.51. The number of aryl methyl sites for hydroxylation is 1. The molecule has 1 heterocycles. The lowest BCUT2D eigenvalue weighted by Crippen LogP contribution is -2.46. The lowest BCUT2D eigenvalue weighted by Gasteiger charge is -2.11. The number of unbranched alkanes of at least 4 members (excludes halogenated alkanes) is 21. The molecular weight excluding hydrogens is 478 g/mol. The molecular formula is C32H59NO3S. The molecule has 0 aliphatic heterocycles. The number of hydrogen-bond donors (Lipinski definition) is 0. The van der Waals surface area contributed by atoms with Crippen LogP contribution in [0.1, 0.15) is 173 Å². The van der Waals surface area contributed by atoms with E-state index in [4.69, 9.17) is 0 Å². The molecule has 0 aromatic carbocycles. The van der Waals surface area contributed by atoms with E-state index in [9.17, 15) is 13.0 Å². The molecule has 37 heavy (non-hydrogen) atoms. The van der Waals surface area contributed by atoms with Crippen molar-refractivity contribution in [2.45, 2.75) is 174 Å². The number of hydrogen-bond acceptors (Lipinski definition) is 3. The first-order valence-corrected chi connectivity index (χ1v) is 17.4. The molecule has 0 aliphatic rings. The second-order valence-corrected chi connectivity index (χ2v) is 12.4. The topological polar surface area (TPSA) is 61.1 Å². The number of pyridine rings is 1. The SMILES string of the molecule is CCCCCCCCCCCCCCCCc1ccc[n+](S(=O)(=O)[O-])c1CCCCCCCCCCC. The fraction of sp³-hybridized carbons (Fsp3) is 0.844. The van der Waals surface area contributed by atoms with Crippen LogP contribution in [0.15, 0.2) is 18.3 Å². The molecule has 0 unspecified atom stereocenters. The van der Waals surface area contributed by atoms with Crippen molar-refractivity contribution < 1.29 is 16.9 Å². The largest absolute Gasteiger partial charge is 0.693 e. The molecule has 0 spiro atoms. The zero-order valence-corrected chi connectivity index (χ0v) is 25.3. The monoisotopic (exact) mass is 537 g/mol. The van der Waals surface area contributed by atoms with Gasteiger partial charge in [-0.3, -0.25) is 0 Å². The molecule has 1 aromatic heterocycles. The molecule has 4 nitrogen and oxygen atoms in total. The van der Waals surface area contributed by atoms with Crippen molar-refractivity contribution >= 4 is 10.3 Å². The summed E-state index contributed by atoms with van der Waals surface area (Å²) in [6, 6.07) is 3.74. The van der Waals surface area contributed by atoms with Gasteiger partial charge in [-0.1, -0.05) is 153 Å². The molecule has 1 rings (SSSR count). The molecule has 0 saturated heterocycles.